The van der Waals surface area contributed by atoms with Crippen LogP contribution in [-0.4, -0.2) is 36.2 Å². The molecule has 2 aromatic carbocycles. The molecule has 7 heteroatoms. The predicted octanol–water partition coefficient (Wildman–Crippen LogP) is 3.95. The SMILES string of the molecule is COc1ccc(C(O)C2CCN(C(=O)Nc3ccc(F)cc3F)CC2)cc1. The maximum absolute atomic E-state index is 13.7. The van der Waals surface area contributed by atoms with Crippen molar-refractivity contribution in [2.45, 2.75) is 18.9 Å². The Morgan fingerprint density at radius 2 is 1.85 bits per heavy atom. The Hall–Kier alpha value is -2.67. The smallest absolute Gasteiger partial charge is 0.321 e. The van der Waals surface area contributed by atoms with Gasteiger partial charge in [0.25, 0.3) is 0 Å². The Balaban J connectivity index is 1.55. The van der Waals surface area contributed by atoms with E-state index in [9.17, 15) is 18.7 Å². The first-order valence-corrected chi connectivity index (χ1v) is 8.81. The average molecular weight is 376 g/mol. The second-order valence-corrected chi connectivity index (χ2v) is 6.60. The lowest BCUT2D eigenvalue weighted by atomic mass is 9.87. The highest BCUT2D eigenvalue weighted by Crippen LogP contribution is 2.31. The summed E-state index contributed by atoms with van der Waals surface area (Å²) in [6.45, 7) is 0.902. The van der Waals surface area contributed by atoms with E-state index in [4.69, 9.17) is 4.74 Å². The van der Waals surface area contributed by atoms with Gasteiger partial charge in [-0.15, -0.1) is 0 Å². The normalized spacial score (nSPS) is 16.1. The lowest BCUT2D eigenvalue weighted by Gasteiger charge is -2.34. The number of benzene rings is 2. The van der Waals surface area contributed by atoms with Crippen LogP contribution in [-0.2, 0) is 0 Å². The zero-order valence-electron chi connectivity index (χ0n) is 15.0. The van der Waals surface area contributed by atoms with Gasteiger partial charge >= 0.3 is 6.03 Å². The van der Waals surface area contributed by atoms with Crippen LogP contribution in [0.2, 0.25) is 0 Å². The van der Waals surface area contributed by atoms with Gasteiger partial charge in [0.1, 0.15) is 17.4 Å². The first kappa shape index (κ1) is 19.1. The molecule has 2 N–H and O–H groups in total. The minimum Gasteiger partial charge on any atom is -0.497 e. The van der Waals surface area contributed by atoms with Crippen LogP contribution >= 0.6 is 0 Å². The Labute approximate surface area is 156 Å². The van der Waals surface area contributed by atoms with Gasteiger partial charge < -0.3 is 20.1 Å². The van der Waals surface area contributed by atoms with Crippen molar-refractivity contribution in [1.82, 2.24) is 4.90 Å². The Morgan fingerprint density at radius 1 is 1.19 bits per heavy atom. The zero-order chi connectivity index (χ0) is 19.4. The van der Waals surface area contributed by atoms with E-state index in [1.165, 1.54) is 6.07 Å². The number of nitrogens with zero attached hydrogens (tertiary/aromatic N) is 1. The molecule has 0 aromatic heterocycles. The van der Waals surface area contributed by atoms with Gasteiger partial charge in [-0.3, -0.25) is 0 Å². The van der Waals surface area contributed by atoms with Gasteiger partial charge in [0.2, 0.25) is 0 Å². The maximum atomic E-state index is 13.7. The summed E-state index contributed by atoms with van der Waals surface area (Å²) in [5, 5.41) is 13.1. The number of nitrogens with one attached hydrogen (secondary N) is 1. The van der Waals surface area contributed by atoms with Crippen LogP contribution in [0.25, 0.3) is 0 Å². The van der Waals surface area contributed by atoms with Crippen molar-refractivity contribution >= 4 is 11.7 Å². The molecule has 0 bridgehead atoms. The molecule has 1 aliphatic heterocycles. The summed E-state index contributed by atoms with van der Waals surface area (Å²) in [5.41, 5.74) is 0.758. The van der Waals surface area contributed by atoms with Gasteiger partial charge in [-0.2, -0.15) is 0 Å². The number of aliphatic hydroxyl groups excluding tert-OH is 1. The second-order valence-electron chi connectivity index (χ2n) is 6.60. The molecular weight excluding hydrogens is 354 g/mol. The van der Waals surface area contributed by atoms with Crippen molar-refractivity contribution in [3.63, 3.8) is 0 Å². The molecule has 1 heterocycles. The first-order valence-electron chi connectivity index (χ1n) is 8.81. The molecule has 3 rings (SSSR count). The molecule has 1 fully saturated rings. The summed E-state index contributed by atoms with van der Waals surface area (Å²) in [6.07, 6.45) is 0.648. The fourth-order valence-corrected chi connectivity index (χ4v) is 3.28. The van der Waals surface area contributed by atoms with Gasteiger partial charge in [0.05, 0.1) is 18.9 Å². The van der Waals surface area contributed by atoms with E-state index in [0.717, 1.165) is 23.4 Å². The van der Waals surface area contributed by atoms with E-state index < -0.39 is 23.8 Å². The topological polar surface area (TPSA) is 61.8 Å². The van der Waals surface area contributed by atoms with Crippen molar-refractivity contribution in [3.8, 4) is 5.75 Å². The summed E-state index contributed by atoms with van der Waals surface area (Å²) in [4.78, 5) is 13.9. The Bertz CT molecular complexity index is 790. The number of ether oxygens (including phenoxy) is 1. The van der Waals surface area contributed by atoms with Crippen LogP contribution in [0.5, 0.6) is 5.75 Å². The van der Waals surface area contributed by atoms with E-state index in [2.05, 4.69) is 5.32 Å². The summed E-state index contributed by atoms with van der Waals surface area (Å²) in [6, 6.07) is 9.86. The van der Waals surface area contributed by atoms with Crippen LogP contribution < -0.4 is 10.1 Å². The first-order chi connectivity index (χ1) is 13.0. The lowest BCUT2D eigenvalue weighted by Crippen LogP contribution is -2.42. The number of carbonyl (C=O) groups excluding carboxylic acids is 1. The number of anilines is 1. The molecular formula is C20H22F2N2O3. The molecule has 0 radical (unpaired) electrons. The quantitative estimate of drug-likeness (QED) is 0.849. The van der Waals surface area contributed by atoms with Crippen LogP contribution in [0, 0.1) is 17.6 Å². The van der Waals surface area contributed by atoms with Gasteiger partial charge in [0.15, 0.2) is 0 Å². The number of piperidine rings is 1. The number of amides is 2. The monoisotopic (exact) mass is 376 g/mol. The molecule has 1 aliphatic rings. The van der Waals surface area contributed by atoms with Gasteiger partial charge in [-0.05, 0) is 48.6 Å². The van der Waals surface area contributed by atoms with E-state index in [0.29, 0.717) is 25.9 Å². The number of likely N-dealkylation sites (tertiary alicyclic amines) is 1. The standard InChI is InChI=1S/C20H22F2N2O3/c1-27-16-5-2-13(3-6-16)19(25)14-8-10-24(11-9-14)20(26)23-18-7-4-15(21)12-17(18)22/h2-7,12,14,19,25H,8-11H2,1H3,(H,23,26). The fraction of sp³-hybridized carbons (Fsp3) is 0.350. The molecule has 0 aliphatic carbocycles. The molecule has 0 spiro atoms. The lowest BCUT2D eigenvalue weighted by molar-refractivity contribution is 0.0683. The third kappa shape index (κ3) is 4.54. The van der Waals surface area contributed by atoms with Crippen molar-refractivity contribution < 1.29 is 23.4 Å². The molecule has 144 valence electrons. The third-order valence-electron chi connectivity index (χ3n) is 4.90. The van der Waals surface area contributed by atoms with Crippen LogP contribution in [0.15, 0.2) is 42.5 Å². The van der Waals surface area contributed by atoms with Crippen LogP contribution in [0.4, 0.5) is 19.3 Å². The molecule has 0 saturated carbocycles. The van der Waals surface area contributed by atoms with E-state index >= 15 is 0 Å². The van der Waals surface area contributed by atoms with Crippen molar-refractivity contribution in [3.05, 3.63) is 59.7 Å². The summed E-state index contributed by atoms with van der Waals surface area (Å²) < 4.78 is 31.7. The van der Waals surface area contributed by atoms with E-state index in [-0.39, 0.29) is 11.6 Å². The number of methoxy groups -OCH3 is 1. The highest BCUT2D eigenvalue weighted by molar-refractivity contribution is 5.89. The van der Waals surface area contributed by atoms with Crippen molar-refractivity contribution in [1.29, 1.82) is 0 Å². The zero-order valence-corrected chi connectivity index (χ0v) is 15.0. The number of rotatable bonds is 4. The molecule has 5 nitrogen and oxygen atoms in total. The predicted molar refractivity (Wildman–Crippen MR) is 97.6 cm³/mol. The van der Waals surface area contributed by atoms with Gasteiger partial charge in [0, 0.05) is 19.2 Å². The van der Waals surface area contributed by atoms with Crippen molar-refractivity contribution in [2.75, 3.05) is 25.5 Å². The number of carbonyl (C=O) groups is 1. The minimum absolute atomic E-state index is 0.0324. The van der Waals surface area contributed by atoms with Crippen LogP contribution in [0.3, 0.4) is 0 Å². The number of aliphatic hydroxyl groups is 1. The van der Waals surface area contributed by atoms with Gasteiger partial charge in [-0.25, -0.2) is 13.6 Å². The van der Waals surface area contributed by atoms with E-state index in [1.54, 1.807) is 24.1 Å². The average Bonchev–Trinajstić information content (AvgIpc) is 2.69. The Kier molecular flexibility index (Phi) is 5.91. The molecule has 1 unspecified atom stereocenters. The van der Waals surface area contributed by atoms with E-state index in [1.807, 2.05) is 12.1 Å². The number of halogens is 2. The molecule has 27 heavy (non-hydrogen) atoms. The molecule has 2 amide bonds. The highest BCUT2D eigenvalue weighted by atomic mass is 19.1. The second kappa shape index (κ2) is 8.35. The number of hydrogen-bond donors (Lipinski definition) is 2. The van der Waals surface area contributed by atoms with Gasteiger partial charge in [-0.1, -0.05) is 12.1 Å². The highest BCUT2D eigenvalue weighted by Gasteiger charge is 2.28. The fourth-order valence-electron chi connectivity index (χ4n) is 3.28. The third-order valence-corrected chi connectivity index (χ3v) is 4.90. The summed E-state index contributed by atoms with van der Waals surface area (Å²) in [7, 11) is 1.59. The summed E-state index contributed by atoms with van der Waals surface area (Å²) >= 11 is 0. The molecule has 2 aromatic rings. The molecule has 1 saturated heterocycles. The molecule has 1 atom stereocenters. The summed E-state index contributed by atoms with van der Waals surface area (Å²) in [5.74, 6) is -0.748. The number of hydrogen-bond acceptors (Lipinski definition) is 3. The van der Waals surface area contributed by atoms with Crippen LogP contribution in [0.1, 0.15) is 24.5 Å². The number of urea groups is 1. The van der Waals surface area contributed by atoms with Crippen molar-refractivity contribution in [2.24, 2.45) is 5.92 Å². The minimum atomic E-state index is -0.812. The largest absolute Gasteiger partial charge is 0.497 e. The maximum Gasteiger partial charge on any atom is 0.321 e. The Morgan fingerprint density at radius 3 is 2.44 bits per heavy atom.